The topological polar surface area (TPSA) is 72.4 Å². The van der Waals surface area contributed by atoms with Crippen LogP contribution >= 0.6 is 23.2 Å². The zero-order valence-electron chi connectivity index (χ0n) is 13.4. The number of hydrogen-bond donors (Lipinski definition) is 2. The summed E-state index contributed by atoms with van der Waals surface area (Å²) in [7, 11) is 1.47. The molecular weight excluding hydrogens is 373 g/mol. The summed E-state index contributed by atoms with van der Waals surface area (Å²) in [6, 6.07) is 6.78. The molecule has 0 fully saturated rings. The molecule has 2 aromatic rings. The van der Waals surface area contributed by atoms with Crippen LogP contribution in [0.1, 0.15) is 5.56 Å². The lowest BCUT2D eigenvalue weighted by Crippen LogP contribution is -2.22. The van der Waals surface area contributed by atoms with Crippen LogP contribution in [-0.4, -0.2) is 21.1 Å². The number of anilines is 3. The van der Waals surface area contributed by atoms with E-state index in [0.29, 0.717) is 22.2 Å². The number of methoxy groups -OCH3 is 1. The molecule has 0 saturated carbocycles. The van der Waals surface area contributed by atoms with E-state index in [2.05, 4.69) is 10.0 Å². The van der Waals surface area contributed by atoms with Gasteiger partial charge >= 0.3 is 0 Å². The average Bonchev–Trinajstić information content (AvgIpc) is 2.55. The van der Waals surface area contributed by atoms with Gasteiger partial charge in [0, 0.05) is 13.1 Å². The van der Waals surface area contributed by atoms with Crippen molar-refractivity contribution in [3.05, 3.63) is 45.2 Å². The smallest absolute Gasteiger partial charge is 0.255 e. The Hall–Kier alpha value is -1.70. The van der Waals surface area contributed by atoms with Crippen LogP contribution in [-0.2, 0) is 18.0 Å². The summed E-state index contributed by atoms with van der Waals surface area (Å²) in [6.07, 6.45) is 0. The molecule has 0 aliphatic carbocycles. The van der Waals surface area contributed by atoms with Crippen molar-refractivity contribution in [3.8, 4) is 5.75 Å². The van der Waals surface area contributed by atoms with E-state index in [-0.39, 0.29) is 16.5 Å². The van der Waals surface area contributed by atoms with Crippen LogP contribution in [0.25, 0.3) is 0 Å². The van der Waals surface area contributed by atoms with Crippen LogP contribution in [0.5, 0.6) is 5.75 Å². The quantitative estimate of drug-likeness (QED) is 0.742. The Morgan fingerprint density at radius 2 is 2.04 bits per heavy atom. The maximum atomic E-state index is 12.1. The number of hydrogen-bond acceptors (Lipinski definition) is 4. The number of nitrogens with zero attached hydrogens (tertiary/aromatic N) is 1. The molecule has 0 bridgehead atoms. The molecule has 1 aromatic heterocycles. The summed E-state index contributed by atoms with van der Waals surface area (Å²) in [6.45, 7) is 1.92. The van der Waals surface area contributed by atoms with E-state index in [4.69, 9.17) is 27.9 Å². The second-order valence-corrected chi connectivity index (χ2v) is 7.17. The summed E-state index contributed by atoms with van der Waals surface area (Å²) in [4.78, 5) is 12.1. The molecule has 1 heterocycles. The molecule has 1 atom stereocenters. The average molecular weight is 390 g/mol. The van der Waals surface area contributed by atoms with E-state index in [1.54, 1.807) is 19.2 Å². The number of halogens is 2. The van der Waals surface area contributed by atoms with Crippen LogP contribution in [0, 0.1) is 6.92 Å². The number of rotatable bonds is 6. The maximum Gasteiger partial charge on any atom is 0.255 e. The highest BCUT2D eigenvalue weighted by molar-refractivity contribution is 7.87. The molecule has 0 aliphatic rings. The predicted octanol–water partition coefficient (Wildman–Crippen LogP) is 3.37. The lowest BCUT2D eigenvalue weighted by atomic mass is 10.2. The first-order valence-corrected chi connectivity index (χ1v) is 9.12. The molecule has 0 radical (unpaired) electrons. The number of aromatic nitrogens is 1. The summed E-state index contributed by atoms with van der Waals surface area (Å²) in [5.41, 5.74) is 1.67. The standard InChI is InChI=1S/C15H17Cl2N3O3S/c1-9-4-5-11(10(17)6-9)18-15-14(19-24(22)8-16)12(23-3)7-13(21)20(15)2/h4-7,18-19H,8H2,1-3H3. The van der Waals surface area contributed by atoms with E-state index in [0.717, 1.165) is 5.56 Å². The summed E-state index contributed by atoms with van der Waals surface area (Å²) < 4.78 is 21.2. The zero-order chi connectivity index (χ0) is 17.9. The van der Waals surface area contributed by atoms with Gasteiger partial charge in [0.15, 0.2) is 5.75 Å². The lowest BCUT2D eigenvalue weighted by Gasteiger charge is -2.19. The van der Waals surface area contributed by atoms with Gasteiger partial charge in [-0.1, -0.05) is 17.7 Å². The molecule has 1 aromatic carbocycles. The predicted molar refractivity (Wildman–Crippen MR) is 100 cm³/mol. The molecule has 2 N–H and O–H groups in total. The number of aryl methyl sites for hydroxylation is 1. The monoisotopic (exact) mass is 389 g/mol. The molecule has 0 spiro atoms. The van der Waals surface area contributed by atoms with Crippen molar-refractivity contribution in [1.82, 2.24) is 4.57 Å². The van der Waals surface area contributed by atoms with Gasteiger partial charge in [0.05, 0.1) is 17.8 Å². The van der Waals surface area contributed by atoms with Crippen LogP contribution in [0.3, 0.4) is 0 Å². The molecule has 24 heavy (non-hydrogen) atoms. The van der Waals surface area contributed by atoms with Crippen molar-refractivity contribution in [2.45, 2.75) is 6.92 Å². The molecule has 0 amide bonds. The van der Waals surface area contributed by atoms with Gasteiger partial charge in [0.1, 0.15) is 27.7 Å². The largest absolute Gasteiger partial charge is 0.494 e. The molecule has 9 heteroatoms. The van der Waals surface area contributed by atoms with Gasteiger partial charge in [-0.3, -0.25) is 14.1 Å². The number of alkyl halides is 1. The number of pyridine rings is 1. The minimum Gasteiger partial charge on any atom is -0.494 e. The Morgan fingerprint density at radius 3 is 2.62 bits per heavy atom. The summed E-state index contributed by atoms with van der Waals surface area (Å²) in [5.74, 6) is 0.617. The van der Waals surface area contributed by atoms with E-state index in [1.807, 2.05) is 13.0 Å². The van der Waals surface area contributed by atoms with Gasteiger partial charge in [-0.05, 0) is 24.6 Å². The molecule has 1 unspecified atom stereocenters. The van der Waals surface area contributed by atoms with Gasteiger partial charge in [-0.15, -0.1) is 11.6 Å². The Balaban J connectivity index is 2.59. The first-order valence-electron chi connectivity index (χ1n) is 6.89. The molecule has 0 saturated heterocycles. The van der Waals surface area contributed by atoms with E-state index >= 15 is 0 Å². The zero-order valence-corrected chi connectivity index (χ0v) is 15.7. The van der Waals surface area contributed by atoms with Crippen LogP contribution in [0.15, 0.2) is 29.1 Å². The van der Waals surface area contributed by atoms with Gasteiger partial charge in [0.25, 0.3) is 5.56 Å². The normalized spacial score (nSPS) is 11.9. The van der Waals surface area contributed by atoms with Crippen molar-refractivity contribution >= 4 is 51.4 Å². The number of ether oxygens (including phenoxy) is 1. The van der Waals surface area contributed by atoms with Crippen molar-refractivity contribution in [3.63, 3.8) is 0 Å². The van der Waals surface area contributed by atoms with Crippen LogP contribution < -0.4 is 20.3 Å². The fourth-order valence-corrected chi connectivity index (χ4v) is 3.00. The molecule has 2 rings (SSSR count). The van der Waals surface area contributed by atoms with Gasteiger partial charge in [-0.2, -0.15) is 0 Å². The van der Waals surface area contributed by atoms with Crippen molar-refractivity contribution in [1.29, 1.82) is 0 Å². The van der Waals surface area contributed by atoms with Crippen LogP contribution in [0.2, 0.25) is 5.02 Å². The SMILES string of the molecule is COc1cc(=O)n(C)c(Nc2ccc(C)cc2Cl)c1NS(=O)CCl. The Kier molecular flexibility index (Phi) is 6.15. The fraction of sp³-hybridized carbons (Fsp3) is 0.267. The lowest BCUT2D eigenvalue weighted by molar-refractivity contribution is 0.415. The van der Waals surface area contributed by atoms with Gasteiger partial charge < -0.3 is 10.1 Å². The third-order valence-corrected chi connectivity index (χ3v) is 4.85. The fourth-order valence-electron chi connectivity index (χ4n) is 2.07. The highest BCUT2D eigenvalue weighted by atomic mass is 35.5. The van der Waals surface area contributed by atoms with Gasteiger partial charge in [-0.25, -0.2) is 4.21 Å². The summed E-state index contributed by atoms with van der Waals surface area (Å²) in [5, 5.41) is 3.47. The third-order valence-electron chi connectivity index (χ3n) is 3.32. The van der Waals surface area contributed by atoms with Crippen molar-refractivity contribution in [2.24, 2.45) is 7.05 Å². The number of nitrogens with one attached hydrogen (secondary N) is 2. The molecule has 6 nitrogen and oxygen atoms in total. The van der Waals surface area contributed by atoms with Crippen molar-refractivity contribution in [2.75, 3.05) is 22.4 Å². The van der Waals surface area contributed by atoms with Crippen molar-refractivity contribution < 1.29 is 8.95 Å². The third kappa shape index (κ3) is 4.03. The summed E-state index contributed by atoms with van der Waals surface area (Å²) >= 11 is 11.9. The number of benzene rings is 1. The minimum atomic E-state index is -1.53. The second-order valence-electron chi connectivity index (χ2n) is 5.00. The first kappa shape index (κ1) is 18.6. The van der Waals surface area contributed by atoms with E-state index in [9.17, 15) is 9.00 Å². The first-order chi connectivity index (χ1) is 11.4. The van der Waals surface area contributed by atoms with Crippen LogP contribution in [0.4, 0.5) is 17.2 Å². The Morgan fingerprint density at radius 1 is 1.33 bits per heavy atom. The Labute approximate surface area is 152 Å². The maximum absolute atomic E-state index is 12.1. The molecule has 130 valence electrons. The second kappa shape index (κ2) is 7.92. The molecular formula is C15H17Cl2N3O3S. The highest BCUT2D eigenvalue weighted by Gasteiger charge is 2.17. The van der Waals surface area contributed by atoms with E-state index < -0.39 is 11.0 Å². The minimum absolute atomic E-state index is 0.114. The van der Waals surface area contributed by atoms with E-state index in [1.165, 1.54) is 17.7 Å². The highest BCUT2D eigenvalue weighted by Crippen LogP contribution is 2.35. The van der Waals surface area contributed by atoms with Gasteiger partial charge in [0.2, 0.25) is 0 Å². The Bertz CT molecular complexity index is 839. The molecule has 0 aliphatic heterocycles.